The number of rotatable bonds is 5. The van der Waals surface area contributed by atoms with Gasteiger partial charge in [0.2, 0.25) is 0 Å². The van der Waals surface area contributed by atoms with Crippen LogP contribution in [0, 0.1) is 0 Å². The number of hydrogen-bond donors (Lipinski definition) is 1. The Labute approximate surface area is 109 Å². The van der Waals surface area contributed by atoms with Gasteiger partial charge in [0, 0.05) is 43.9 Å². The summed E-state index contributed by atoms with van der Waals surface area (Å²) < 4.78 is 2.25. The van der Waals surface area contributed by atoms with E-state index < -0.39 is 0 Å². The van der Waals surface area contributed by atoms with Crippen LogP contribution in [0.1, 0.15) is 12.6 Å². The highest BCUT2D eigenvalue weighted by Crippen LogP contribution is 2.18. The van der Waals surface area contributed by atoms with Gasteiger partial charge in [-0.1, -0.05) is 6.07 Å². The highest BCUT2D eigenvalue weighted by Gasteiger charge is 2.00. The Kier molecular flexibility index (Phi) is 3.92. The number of nitrogens with one attached hydrogen (secondary N) is 1. The third-order valence-electron chi connectivity index (χ3n) is 3.10. The lowest BCUT2D eigenvalue weighted by Gasteiger charge is -2.15. The van der Waals surface area contributed by atoms with E-state index in [1.165, 1.54) is 11.4 Å². The van der Waals surface area contributed by atoms with Crippen LogP contribution in [-0.4, -0.2) is 18.7 Å². The molecule has 0 aliphatic carbocycles. The van der Waals surface area contributed by atoms with Crippen LogP contribution in [-0.2, 0) is 13.1 Å². The fourth-order valence-corrected chi connectivity index (χ4v) is 2.01. The maximum absolute atomic E-state index is 3.47. The molecule has 18 heavy (non-hydrogen) atoms. The molecule has 1 aromatic heterocycles. The van der Waals surface area contributed by atoms with E-state index in [1.54, 1.807) is 0 Å². The van der Waals surface area contributed by atoms with Crippen molar-refractivity contribution in [1.82, 2.24) is 4.57 Å². The summed E-state index contributed by atoms with van der Waals surface area (Å²) in [6.45, 7) is 4.04. The molecule has 0 spiro atoms. The molecular formula is C15H21N3. The van der Waals surface area contributed by atoms with E-state index in [1.807, 2.05) is 0 Å². The molecular weight excluding hydrogens is 222 g/mol. The highest BCUT2D eigenvalue weighted by molar-refractivity contribution is 5.57. The summed E-state index contributed by atoms with van der Waals surface area (Å²) in [6.07, 6.45) is 2.12. The molecule has 0 aliphatic heterocycles. The molecule has 0 aliphatic rings. The molecule has 2 aromatic rings. The molecule has 3 heteroatoms. The molecule has 0 saturated carbocycles. The molecule has 0 atom stereocenters. The first-order valence-electron chi connectivity index (χ1n) is 6.36. The maximum Gasteiger partial charge on any atom is 0.0553 e. The minimum Gasteiger partial charge on any atom is -0.379 e. The van der Waals surface area contributed by atoms with Crippen molar-refractivity contribution < 1.29 is 0 Å². The molecule has 0 amide bonds. The lowest BCUT2D eigenvalue weighted by molar-refractivity contribution is 0.724. The van der Waals surface area contributed by atoms with Gasteiger partial charge in [0.05, 0.1) is 6.54 Å². The van der Waals surface area contributed by atoms with Crippen LogP contribution in [0.4, 0.5) is 11.4 Å². The average molecular weight is 243 g/mol. The van der Waals surface area contributed by atoms with Crippen molar-refractivity contribution in [2.75, 3.05) is 24.3 Å². The Morgan fingerprint density at radius 3 is 2.72 bits per heavy atom. The molecule has 2 rings (SSSR count). The zero-order chi connectivity index (χ0) is 13.0. The number of nitrogens with zero attached hydrogens (tertiary/aromatic N) is 2. The van der Waals surface area contributed by atoms with Gasteiger partial charge in [0.25, 0.3) is 0 Å². The molecule has 0 radical (unpaired) electrons. The van der Waals surface area contributed by atoms with Crippen LogP contribution in [0.15, 0.2) is 42.6 Å². The van der Waals surface area contributed by atoms with E-state index in [-0.39, 0.29) is 0 Å². The smallest absolute Gasteiger partial charge is 0.0553 e. The molecule has 0 unspecified atom stereocenters. The van der Waals surface area contributed by atoms with Crippen LogP contribution >= 0.6 is 0 Å². The van der Waals surface area contributed by atoms with Crippen LogP contribution in [0.25, 0.3) is 0 Å². The second kappa shape index (κ2) is 5.63. The summed E-state index contributed by atoms with van der Waals surface area (Å²) in [5.74, 6) is 0. The summed E-state index contributed by atoms with van der Waals surface area (Å²) in [5.41, 5.74) is 3.68. The first kappa shape index (κ1) is 12.6. The second-order valence-corrected chi connectivity index (χ2v) is 4.58. The van der Waals surface area contributed by atoms with Gasteiger partial charge in [-0.05, 0) is 37.3 Å². The maximum atomic E-state index is 3.47. The van der Waals surface area contributed by atoms with Crippen molar-refractivity contribution in [2.45, 2.75) is 20.0 Å². The third-order valence-corrected chi connectivity index (χ3v) is 3.10. The van der Waals surface area contributed by atoms with E-state index in [9.17, 15) is 0 Å². The van der Waals surface area contributed by atoms with Crippen molar-refractivity contribution in [1.29, 1.82) is 0 Å². The Hall–Kier alpha value is -1.90. The number of benzene rings is 1. The largest absolute Gasteiger partial charge is 0.379 e. The van der Waals surface area contributed by atoms with Crippen molar-refractivity contribution in [3.63, 3.8) is 0 Å². The monoisotopic (exact) mass is 243 g/mol. The zero-order valence-electron chi connectivity index (χ0n) is 11.4. The SMILES string of the molecule is CCn1cccc1CNc1cccc(N(C)C)c1. The number of hydrogen-bond acceptors (Lipinski definition) is 2. The summed E-state index contributed by atoms with van der Waals surface area (Å²) >= 11 is 0. The standard InChI is InChI=1S/C15H21N3/c1-4-18-10-6-9-15(18)12-16-13-7-5-8-14(11-13)17(2)3/h5-11,16H,4,12H2,1-3H3. The molecule has 1 aromatic carbocycles. The molecule has 96 valence electrons. The van der Waals surface area contributed by atoms with Gasteiger partial charge in [-0.2, -0.15) is 0 Å². The normalized spacial score (nSPS) is 10.4. The molecule has 0 bridgehead atoms. The third kappa shape index (κ3) is 2.86. The zero-order valence-corrected chi connectivity index (χ0v) is 11.4. The number of aromatic nitrogens is 1. The van der Waals surface area contributed by atoms with Gasteiger partial charge < -0.3 is 14.8 Å². The van der Waals surface area contributed by atoms with Crippen LogP contribution < -0.4 is 10.2 Å². The molecule has 0 fully saturated rings. The first-order valence-corrected chi connectivity index (χ1v) is 6.36. The Morgan fingerprint density at radius 2 is 2.00 bits per heavy atom. The van der Waals surface area contributed by atoms with Gasteiger partial charge in [-0.3, -0.25) is 0 Å². The Bertz CT molecular complexity index is 500. The van der Waals surface area contributed by atoms with E-state index in [4.69, 9.17) is 0 Å². The number of aryl methyl sites for hydroxylation is 1. The minimum absolute atomic E-state index is 0.859. The minimum atomic E-state index is 0.859. The van der Waals surface area contributed by atoms with Crippen molar-refractivity contribution in [3.05, 3.63) is 48.3 Å². The van der Waals surface area contributed by atoms with Crippen LogP contribution in [0.5, 0.6) is 0 Å². The van der Waals surface area contributed by atoms with Crippen molar-refractivity contribution in [3.8, 4) is 0 Å². The Morgan fingerprint density at radius 1 is 1.17 bits per heavy atom. The van der Waals surface area contributed by atoms with Crippen molar-refractivity contribution in [2.24, 2.45) is 0 Å². The van der Waals surface area contributed by atoms with Gasteiger partial charge in [-0.15, -0.1) is 0 Å². The second-order valence-electron chi connectivity index (χ2n) is 4.58. The topological polar surface area (TPSA) is 20.2 Å². The van der Waals surface area contributed by atoms with E-state index in [0.717, 1.165) is 18.8 Å². The average Bonchev–Trinajstić information content (AvgIpc) is 2.84. The summed E-state index contributed by atoms with van der Waals surface area (Å²) in [5, 5.41) is 3.47. The van der Waals surface area contributed by atoms with Gasteiger partial charge in [-0.25, -0.2) is 0 Å². The quantitative estimate of drug-likeness (QED) is 0.870. The molecule has 0 saturated heterocycles. The number of anilines is 2. The lowest BCUT2D eigenvalue weighted by Crippen LogP contribution is -2.09. The van der Waals surface area contributed by atoms with Crippen LogP contribution in [0.2, 0.25) is 0 Å². The van der Waals surface area contributed by atoms with E-state index in [0.29, 0.717) is 0 Å². The highest BCUT2D eigenvalue weighted by atomic mass is 15.1. The fraction of sp³-hybridized carbons (Fsp3) is 0.333. The van der Waals surface area contributed by atoms with Crippen molar-refractivity contribution >= 4 is 11.4 Å². The predicted molar refractivity (Wildman–Crippen MR) is 78.2 cm³/mol. The lowest BCUT2D eigenvalue weighted by atomic mass is 10.2. The van der Waals surface area contributed by atoms with Gasteiger partial charge in [0.1, 0.15) is 0 Å². The summed E-state index contributed by atoms with van der Waals surface area (Å²) in [4.78, 5) is 2.11. The van der Waals surface area contributed by atoms with Gasteiger partial charge in [0.15, 0.2) is 0 Å². The fourth-order valence-electron chi connectivity index (χ4n) is 2.01. The predicted octanol–water partition coefficient (Wildman–Crippen LogP) is 3.19. The Balaban J connectivity index is 2.04. The first-order chi connectivity index (χ1) is 8.70. The van der Waals surface area contributed by atoms with Crippen LogP contribution in [0.3, 0.4) is 0 Å². The summed E-state index contributed by atoms with van der Waals surface area (Å²) in [6, 6.07) is 12.7. The molecule has 1 heterocycles. The molecule has 1 N–H and O–H groups in total. The summed E-state index contributed by atoms with van der Waals surface area (Å²) in [7, 11) is 4.11. The molecule has 3 nitrogen and oxygen atoms in total. The van der Waals surface area contributed by atoms with E-state index in [2.05, 4.69) is 78.4 Å². The van der Waals surface area contributed by atoms with E-state index >= 15 is 0 Å². The van der Waals surface area contributed by atoms with Gasteiger partial charge >= 0.3 is 0 Å².